The van der Waals surface area contributed by atoms with Crippen molar-refractivity contribution in [1.82, 2.24) is 0 Å². The maximum absolute atomic E-state index is 11.3. The number of rotatable bonds is 16. The second kappa shape index (κ2) is 16.1. The summed E-state index contributed by atoms with van der Waals surface area (Å²) < 4.78 is 0. The summed E-state index contributed by atoms with van der Waals surface area (Å²) in [4.78, 5) is 11.3. The average molecular weight is 428 g/mol. The normalized spacial score (nSPS) is 11.0. The lowest BCUT2D eigenvalue weighted by atomic mass is 10.0. The van der Waals surface area contributed by atoms with Gasteiger partial charge in [0.05, 0.1) is 10.7 Å². The zero-order valence-corrected chi connectivity index (χ0v) is 19.4. The second-order valence-electron chi connectivity index (χ2n) is 7.95. The zero-order chi connectivity index (χ0) is 20.6. The van der Waals surface area contributed by atoms with Crippen LogP contribution >= 0.6 is 23.2 Å². The summed E-state index contributed by atoms with van der Waals surface area (Å²) in [7, 11) is 0. The fraction of sp³-hybridized carbons (Fsp3) is 0.708. The first kappa shape index (κ1) is 25.3. The maximum Gasteiger partial charge on any atom is 0.221 e. The summed E-state index contributed by atoms with van der Waals surface area (Å²) in [6, 6.07) is 3.64. The highest BCUT2D eigenvalue weighted by Crippen LogP contribution is 2.30. The molecule has 4 heteroatoms. The van der Waals surface area contributed by atoms with E-state index in [1.165, 1.54) is 90.4 Å². The van der Waals surface area contributed by atoms with E-state index in [-0.39, 0.29) is 5.91 Å². The lowest BCUT2D eigenvalue weighted by Gasteiger charge is -2.10. The van der Waals surface area contributed by atoms with E-state index in [2.05, 4.69) is 12.2 Å². The molecule has 0 atom stereocenters. The molecule has 0 saturated carbocycles. The van der Waals surface area contributed by atoms with Crippen molar-refractivity contribution in [2.24, 2.45) is 0 Å². The van der Waals surface area contributed by atoms with Gasteiger partial charge in [0, 0.05) is 11.9 Å². The fourth-order valence-corrected chi connectivity index (χ4v) is 4.11. The van der Waals surface area contributed by atoms with Gasteiger partial charge in [0.25, 0.3) is 0 Å². The molecule has 0 fully saturated rings. The molecular formula is C24H39Cl2NO. The van der Waals surface area contributed by atoms with Crippen molar-refractivity contribution in [3.8, 4) is 0 Å². The Morgan fingerprint density at radius 1 is 0.750 bits per heavy atom. The van der Waals surface area contributed by atoms with Gasteiger partial charge in [-0.05, 0) is 30.5 Å². The number of halogens is 2. The van der Waals surface area contributed by atoms with Gasteiger partial charge in [-0.15, -0.1) is 0 Å². The van der Waals surface area contributed by atoms with E-state index in [0.717, 1.165) is 18.4 Å². The van der Waals surface area contributed by atoms with Gasteiger partial charge in [0.2, 0.25) is 5.91 Å². The summed E-state index contributed by atoms with van der Waals surface area (Å²) >= 11 is 12.4. The summed E-state index contributed by atoms with van der Waals surface area (Å²) in [6.07, 6.45) is 19.9. The zero-order valence-electron chi connectivity index (χ0n) is 17.9. The van der Waals surface area contributed by atoms with Crippen LogP contribution in [0.25, 0.3) is 0 Å². The Balaban J connectivity index is 2.05. The van der Waals surface area contributed by atoms with Crippen LogP contribution in [-0.4, -0.2) is 5.91 Å². The molecule has 28 heavy (non-hydrogen) atoms. The molecule has 1 rings (SSSR count). The van der Waals surface area contributed by atoms with E-state index >= 15 is 0 Å². The molecule has 0 bridgehead atoms. The first-order chi connectivity index (χ1) is 13.5. The van der Waals surface area contributed by atoms with Gasteiger partial charge in [-0.25, -0.2) is 0 Å². The van der Waals surface area contributed by atoms with Crippen LogP contribution in [0.1, 0.15) is 109 Å². The molecule has 0 aromatic heterocycles. The molecule has 0 aliphatic rings. The van der Waals surface area contributed by atoms with Crippen LogP contribution in [0.15, 0.2) is 12.1 Å². The predicted octanol–water partition coefficient (Wildman–Crippen LogP) is 8.98. The van der Waals surface area contributed by atoms with Crippen LogP contribution in [0.3, 0.4) is 0 Å². The Morgan fingerprint density at radius 2 is 1.21 bits per heavy atom. The quantitative estimate of drug-likeness (QED) is 0.262. The first-order valence-electron chi connectivity index (χ1n) is 11.3. The van der Waals surface area contributed by atoms with Crippen molar-refractivity contribution in [3.05, 3.63) is 27.7 Å². The van der Waals surface area contributed by atoms with Crippen LogP contribution in [0.4, 0.5) is 5.69 Å². The van der Waals surface area contributed by atoms with Gasteiger partial charge in [-0.3, -0.25) is 4.79 Å². The lowest BCUT2D eigenvalue weighted by molar-refractivity contribution is -0.114. The highest BCUT2D eigenvalue weighted by molar-refractivity contribution is 6.37. The van der Waals surface area contributed by atoms with Gasteiger partial charge < -0.3 is 5.32 Å². The molecule has 160 valence electrons. The van der Waals surface area contributed by atoms with Crippen molar-refractivity contribution in [3.63, 3.8) is 0 Å². The van der Waals surface area contributed by atoms with Crippen LogP contribution < -0.4 is 5.32 Å². The van der Waals surface area contributed by atoms with Gasteiger partial charge in [-0.2, -0.15) is 0 Å². The minimum atomic E-state index is -0.119. The summed E-state index contributed by atoms with van der Waals surface area (Å²) in [5.74, 6) is -0.119. The third-order valence-corrected chi connectivity index (χ3v) is 5.91. The summed E-state index contributed by atoms with van der Waals surface area (Å²) in [5, 5.41) is 3.94. The van der Waals surface area contributed by atoms with E-state index in [1.807, 2.05) is 6.07 Å². The molecule has 0 radical (unpaired) electrons. The molecule has 1 amide bonds. The molecule has 0 heterocycles. The number of hydrogen-bond acceptors (Lipinski definition) is 1. The monoisotopic (exact) mass is 427 g/mol. The van der Waals surface area contributed by atoms with Gasteiger partial charge >= 0.3 is 0 Å². The molecule has 0 aliphatic carbocycles. The number of amides is 1. The van der Waals surface area contributed by atoms with E-state index in [4.69, 9.17) is 23.2 Å². The van der Waals surface area contributed by atoms with Crippen molar-refractivity contribution in [1.29, 1.82) is 0 Å². The van der Waals surface area contributed by atoms with E-state index in [9.17, 15) is 4.79 Å². The van der Waals surface area contributed by atoms with Crippen LogP contribution in [0, 0.1) is 0 Å². The topological polar surface area (TPSA) is 29.1 Å². The number of carbonyl (C=O) groups is 1. The van der Waals surface area contributed by atoms with Crippen molar-refractivity contribution >= 4 is 34.8 Å². The number of hydrogen-bond donors (Lipinski definition) is 1. The Hall–Kier alpha value is -0.730. The number of carbonyl (C=O) groups excluding carboxylic acids is 1. The van der Waals surface area contributed by atoms with Crippen LogP contribution in [-0.2, 0) is 11.2 Å². The number of nitrogens with one attached hydrogen (secondary N) is 1. The molecule has 1 aromatic carbocycles. The Bertz CT molecular complexity index is 560. The molecule has 1 N–H and O–H groups in total. The minimum absolute atomic E-state index is 0.119. The molecule has 2 nitrogen and oxygen atoms in total. The predicted molar refractivity (Wildman–Crippen MR) is 125 cm³/mol. The molecule has 0 saturated heterocycles. The number of aryl methyl sites for hydroxylation is 1. The van der Waals surface area contributed by atoms with Crippen molar-refractivity contribution in [2.75, 3.05) is 5.32 Å². The van der Waals surface area contributed by atoms with Gasteiger partial charge in [0.1, 0.15) is 0 Å². The largest absolute Gasteiger partial charge is 0.325 e. The second-order valence-corrected chi connectivity index (χ2v) is 8.77. The van der Waals surface area contributed by atoms with E-state index in [0.29, 0.717) is 15.7 Å². The SMILES string of the molecule is CCCCCCCCCCCCCCCCc1cc(NC(C)=O)c(Cl)cc1Cl. The lowest BCUT2D eigenvalue weighted by Crippen LogP contribution is -2.06. The molecule has 0 aliphatic heterocycles. The van der Waals surface area contributed by atoms with E-state index in [1.54, 1.807) is 6.07 Å². The molecule has 0 unspecified atom stereocenters. The maximum atomic E-state index is 11.3. The standard InChI is InChI=1S/C24H39Cl2NO/c1-3-4-5-6-7-8-9-10-11-12-13-14-15-16-17-21-18-24(27-20(2)28)23(26)19-22(21)25/h18-19H,3-17H2,1-2H3,(H,27,28). The van der Waals surface area contributed by atoms with Gasteiger partial charge in [-0.1, -0.05) is 114 Å². The third-order valence-electron chi connectivity index (χ3n) is 5.25. The Labute approximate surface area is 182 Å². The number of benzene rings is 1. The third kappa shape index (κ3) is 12.0. The average Bonchev–Trinajstić information content (AvgIpc) is 2.65. The smallest absolute Gasteiger partial charge is 0.221 e. The van der Waals surface area contributed by atoms with E-state index < -0.39 is 0 Å². The summed E-state index contributed by atoms with van der Waals surface area (Å²) in [6.45, 7) is 3.76. The van der Waals surface area contributed by atoms with Gasteiger partial charge in [0.15, 0.2) is 0 Å². The highest BCUT2D eigenvalue weighted by Gasteiger charge is 2.08. The first-order valence-corrected chi connectivity index (χ1v) is 12.1. The number of anilines is 1. The van der Waals surface area contributed by atoms with Crippen LogP contribution in [0.5, 0.6) is 0 Å². The fourth-order valence-electron chi connectivity index (χ4n) is 3.58. The molecular weight excluding hydrogens is 389 g/mol. The summed E-state index contributed by atoms with van der Waals surface area (Å²) in [5.41, 5.74) is 1.72. The van der Waals surface area contributed by atoms with Crippen molar-refractivity contribution < 1.29 is 4.79 Å². The van der Waals surface area contributed by atoms with Crippen molar-refractivity contribution in [2.45, 2.75) is 110 Å². The highest BCUT2D eigenvalue weighted by atomic mass is 35.5. The Morgan fingerprint density at radius 3 is 1.68 bits per heavy atom. The minimum Gasteiger partial charge on any atom is -0.325 e. The number of unbranched alkanes of at least 4 members (excludes halogenated alkanes) is 13. The molecule has 1 aromatic rings. The Kier molecular flexibility index (Phi) is 14.6. The van der Waals surface area contributed by atoms with Crippen LogP contribution in [0.2, 0.25) is 10.0 Å². The molecule has 0 spiro atoms.